The molecular weight excluding hydrogens is 382 g/mol. The summed E-state index contributed by atoms with van der Waals surface area (Å²) in [6.45, 7) is 7.80. The predicted octanol–water partition coefficient (Wildman–Crippen LogP) is 4.63. The molecule has 0 saturated heterocycles. The van der Waals surface area contributed by atoms with Crippen molar-refractivity contribution >= 4 is 22.9 Å². The molecule has 5 rings (SSSR count). The number of carbonyl (C=O) groups is 1. The second-order valence-electron chi connectivity index (χ2n) is 7.95. The van der Waals surface area contributed by atoms with Gasteiger partial charge in [-0.25, -0.2) is 14.3 Å². The van der Waals surface area contributed by atoms with Crippen LogP contribution in [-0.2, 0) is 11.3 Å². The number of imidazole rings is 1. The maximum absolute atomic E-state index is 13.1. The van der Waals surface area contributed by atoms with Crippen LogP contribution in [0, 0.1) is 0 Å². The number of para-hydroxylation sites is 1. The number of pyridine rings is 1. The predicted molar refractivity (Wildman–Crippen MR) is 115 cm³/mol. The Morgan fingerprint density at radius 2 is 1.90 bits per heavy atom. The van der Waals surface area contributed by atoms with E-state index in [1.54, 1.807) is 11.5 Å². The van der Waals surface area contributed by atoms with Gasteiger partial charge in [0.1, 0.15) is 29.1 Å². The zero-order valence-electron chi connectivity index (χ0n) is 17.5. The van der Waals surface area contributed by atoms with Gasteiger partial charge in [-0.3, -0.25) is 4.40 Å². The Hall–Kier alpha value is -3.32. The molecule has 0 spiro atoms. The molecule has 3 aromatic heterocycles. The average Bonchev–Trinajstić information content (AvgIpc) is 3.21. The van der Waals surface area contributed by atoms with Crippen LogP contribution in [0.2, 0.25) is 0 Å². The van der Waals surface area contributed by atoms with Crippen molar-refractivity contribution in [3.63, 3.8) is 0 Å². The van der Waals surface area contributed by atoms with Gasteiger partial charge in [0.25, 0.3) is 0 Å². The number of fused-ring (bicyclic) bond motifs is 7. The Balaban J connectivity index is 0.000000687. The van der Waals surface area contributed by atoms with Gasteiger partial charge in [-0.05, 0) is 45.9 Å². The Kier molecular flexibility index (Phi) is 4.99. The molecule has 4 aromatic rings. The highest BCUT2D eigenvalue weighted by Gasteiger charge is 2.32. The van der Waals surface area contributed by atoms with E-state index in [4.69, 9.17) is 19.6 Å². The van der Waals surface area contributed by atoms with Gasteiger partial charge in [0.05, 0.1) is 5.69 Å². The molecule has 0 saturated carbocycles. The van der Waals surface area contributed by atoms with Gasteiger partial charge >= 0.3 is 6.09 Å². The molecule has 0 fully saturated rings. The van der Waals surface area contributed by atoms with E-state index in [0.717, 1.165) is 33.7 Å². The Labute approximate surface area is 174 Å². The van der Waals surface area contributed by atoms with Crippen molar-refractivity contribution in [1.29, 1.82) is 0 Å². The number of aromatic nitrogens is 3. The number of hydrogen-bond donors (Lipinski definition) is 1. The molecule has 4 heterocycles. The van der Waals surface area contributed by atoms with Crippen LogP contribution in [0.25, 0.3) is 27.9 Å². The van der Waals surface area contributed by atoms with Crippen molar-refractivity contribution in [2.75, 3.05) is 6.61 Å². The topological polar surface area (TPSA) is 78.0 Å². The molecule has 7 nitrogen and oxygen atoms in total. The van der Waals surface area contributed by atoms with E-state index in [0.29, 0.717) is 5.65 Å². The highest BCUT2D eigenvalue weighted by atomic mass is 16.6. The van der Waals surface area contributed by atoms with Gasteiger partial charge in [-0.2, -0.15) is 0 Å². The third-order valence-electron chi connectivity index (χ3n) is 4.61. The second-order valence-corrected chi connectivity index (χ2v) is 7.95. The number of hydrogen-bond acceptors (Lipinski definition) is 5. The Morgan fingerprint density at radius 3 is 2.63 bits per heavy atom. The van der Waals surface area contributed by atoms with Crippen molar-refractivity contribution < 1.29 is 19.4 Å². The van der Waals surface area contributed by atoms with Gasteiger partial charge in [0.2, 0.25) is 0 Å². The lowest BCUT2D eigenvalue weighted by Crippen LogP contribution is -2.29. The third-order valence-corrected chi connectivity index (χ3v) is 4.61. The van der Waals surface area contributed by atoms with Crippen LogP contribution < -0.4 is 4.74 Å². The molecule has 7 heteroatoms. The zero-order chi connectivity index (χ0) is 21.5. The number of aliphatic hydroxyl groups is 1. The maximum Gasteiger partial charge on any atom is 0.420 e. The summed E-state index contributed by atoms with van der Waals surface area (Å²) in [5, 5.41) is 7.57. The molecule has 0 aliphatic carbocycles. The first kappa shape index (κ1) is 20.0. The van der Waals surface area contributed by atoms with Crippen molar-refractivity contribution in [3.8, 4) is 16.9 Å². The van der Waals surface area contributed by atoms with Gasteiger partial charge in [-0.15, -0.1) is 0 Å². The van der Waals surface area contributed by atoms with Crippen LogP contribution >= 0.6 is 0 Å². The molecule has 156 valence electrons. The quantitative estimate of drug-likeness (QED) is 0.460. The van der Waals surface area contributed by atoms with Crippen LogP contribution in [0.1, 0.15) is 33.4 Å². The maximum atomic E-state index is 13.1. The smallest absolute Gasteiger partial charge is 0.420 e. The zero-order valence-corrected chi connectivity index (χ0v) is 17.5. The van der Waals surface area contributed by atoms with E-state index >= 15 is 0 Å². The monoisotopic (exact) mass is 407 g/mol. The molecule has 1 N–H and O–H groups in total. The molecule has 0 bridgehead atoms. The fourth-order valence-corrected chi connectivity index (χ4v) is 3.61. The molecule has 0 radical (unpaired) electrons. The van der Waals surface area contributed by atoms with Gasteiger partial charge in [0, 0.05) is 23.9 Å². The summed E-state index contributed by atoms with van der Waals surface area (Å²) < 4.78 is 15.1. The molecular formula is C23H25N3O4. The van der Waals surface area contributed by atoms with E-state index < -0.39 is 11.7 Å². The summed E-state index contributed by atoms with van der Waals surface area (Å²) in [6.07, 6.45) is 1.48. The Morgan fingerprint density at radius 1 is 1.20 bits per heavy atom. The van der Waals surface area contributed by atoms with E-state index in [2.05, 4.69) is 0 Å². The highest BCUT2D eigenvalue weighted by Crippen LogP contribution is 2.43. The summed E-state index contributed by atoms with van der Waals surface area (Å²) in [4.78, 5) is 17.9. The van der Waals surface area contributed by atoms with E-state index in [1.807, 2.05) is 73.8 Å². The van der Waals surface area contributed by atoms with Crippen LogP contribution in [0.3, 0.4) is 0 Å². The van der Waals surface area contributed by atoms with Gasteiger partial charge in [-0.1, -0.05) is 24.3 Å². The summed E-state index contributed by atoms with van der Waals surface area (Å²) in [5.74, 6) is 0.797. The molecule has 0 amide bonds. The summed E-state index contributed by atoms with van der Waals surface area (Å²) in [5.41, 5.74) is 4.29. The fourth-order valence-electron chi connectivity index (χ4n) is 3.61. The lowest BCUT2D eigenvalue weighted by atomic mass is 10.0. The van der Waals surface area contributed by atoms with Gasteiger partial charge in [0.15, 0.2) is 5.65 Å². The SMILES string of the molecule is CC(C)(C)OC(=O)n1c2c(c3nc4ccccn4c31)-c1ccccc1OC2.CCO. The minimum atomic E-state index is -0.603. The van der Waals surface area contributed by atoms with E-state index in [9.17, 15) is 4.79 Å². The first-order valence-electron chi connectivity index (χ1n) is 9.92. The number of benzene rings is 1. The number of carbonyl (C=O) groups excluding carboxylic acids is 1. The first-order chi connectivity index (χ1) is 14.4. The molecule has 30 heavy (non-hydrogen) atoms. The van der Waals surface area contributed by atoms with Crippen LogP contribution in [0.5, 0.6) is 5.75 Å². The van der Waals surface area contributed by atoms with Crippen molar-refractivity contribution in [3.05, 3.63) is 54.4 Å². The van der Waals surface area contributed by atoms with Crippen molar-refractivity contribution in [1.82, 2.24) is 14.0 Å². The highest BCUT2D eigenvalue weighted by molar-refractivity contribution is 6.02. The minimum Gasteiger partial charge on any atom is -0.487 e. The minimum absolute atomic E-state index is 0.250. The van der Waals surface area contributed by atoms with Crippen LogP contribution in [-0.4, -0.2) is 37.4 Å². The van der Waals surface area contributed by atoms with Crippen LogP contribution in [0.4, 0.5) is 4.79 Å². The van der Waals surface area contributed by atoms with E-state index in [1.165, 1.54) is 0 Å². The number of aliphatic hydroxyl groups excluding tert-OH is 1. The molecule has 0 unspecified atom stereocenters. The second kappa shape index (κ2) is 7.50. The van der Waals surface area contributed by atoms with Crippen molar-refractivity contribution in [2.24, 2.45) is 0 Å². The number of rotatable bonds is 0. The standard InChI is InChI=1S/C21H19N3O3.C2H6O/c1-21(2,3)27-20(25)24-14-12-26-15-9-5-4-8-13(15)17(14)18-19(24)23-11-7-6-10-16(23)22-18;1-2-3/h4-11H,12H2,1-3H3;3H,2H2,1H3. The fraction of sp³-hybridized carbons (Fsp3) is 0.304. The van der Waals surface area contributed by atoms with Gasteiger partial charge < -0.3 is 14.6 Å². The summed E-state index contributed by atoms with van der Waals surface area (Å²) in [7, 11) is 0. The summed E-state index contributed by atoms with van der Waals surface area (Å²) >= 11 is 0. The van der Waals surface area contributed by atoms with Crippen LogP contribution in [0.15, 0.2) is 48.7 Å². The lowest BCUT2D eigenvalue weighted by Gasteiger charge is -2.23. The molecule has 1 aromatic carbocycles. The van der Waals surface area contributed by atoms with E-state index in [-0.39, 0.29) is 13.2 Å². The third kappa shape index (κ3) is 3.31. The summed E-state index contributed by atoms with van der Waals surface area (Å²) in [6, 6.07) is 13.6. The van der Waals surface area contributed by atoms with Crippen molar-refractivity contribution in [2.45, 2.75) is 39.9 Å². The Bertz CT molecular complexity index is 1230. The molecule has 1 aliphatic heterocycles. The number of ether oxygens (including phenoxy) is 2. The molecule has 0 atom stereocenters. The molecule has 1 aliphatic rings. The first-order valence-corrected chi connectivity index (χ1v) is 9.92. The largest absolute Gasteiger partial charge is 0.487 e. The average molecular weight is 407 g/mol. The normalized spacial score (nSPS) is 12.6. The lowest BCUT2D eigenvalue weighted by molar-refractivity contribution is 0.0533. The number of nitrogens with zero attached hydrogens (tertiary/aromatic N) is 3.